The molecule has 5 aromatic carbocycles. The van der Waals surface area contributed by atoms with E-state index in [-0.39, 0.29) is 11.5 Å². The summed E-state index contributed by atoms with van der Waals surface area (Å²) in [5, 5.41) is 25.1. The Morgan fingerprint density at radius 1 is 0.516 bits per heavy atom. The number of phenols is 2. The van der Waals surface area contributed by atoms with Crippen LogP contribution in [0.25, 0.3) is 32.7 Å². The molecule has 0 aliphatic carbocycles. The molecule has 0 bridgehead atoms. The smallest absolute Gasteiger partial charge is 0.124 e. The molecule has 0 amide bonds. The molecule has 0 saturated carbocycles. The van der Waals surface area contributed by atoms with Crippen molar-refractivity contribution in [1.29, 1.82) is 0 Å². The van der Waals surface area contributed by atoms with Gasteiger partial charge in [0, 0.05) is 27.1 Å². The number of hydrogen-bond acceptors (Lipinski definition) is 3. The average Bonchev–Trinajstić information content (AvgIpc) is 2.77. The minimum Gasteiger partial charge on any atom is -0.507 e. The lowest BCUT2D eigenvalue weighted by Gasteiger charge is -2.11. The third-order valence-corrected chi connectivity index (χ3v) is 5.59. The summed E-state index contributed by atoms with van der Waals surface area (Å²) in [4.78, 5) is 0.833. The van der Waals surface area contributed by atoms with Crippen LogP contribution in [0.15, 0.2) is 95.9 Å². The Balaban J connectivity index is 1.58. The van der Waals surface area contributed by atoms with Gasteiger partial charge in [0.1, 0.15) is 11.5 Å². The number of thiol groups is 1. The molecule has 0 aliphatic rings. The first-order valence-electron chi connectivity index (χ1n) is 9.87. The SMILES string of the molecule is Oc1cc2cc(S)ccc2cc1-c1cc2ccc(C#Cc3ccccc3)cc2cc1O. The van der Waals surface area contributed by atoms with Gasteiger partial charge in [0.05, 0.1) is 0 Å². The third kappa shape index (κ3) is 3.82. The van der Waals surface area contributed by atoms with Crippen molar-refractivity contribution in [3.63, 3.8) is 0 Å². The van der Waals surface area contributed by atoms with Gasteiger partial charge < -0.3 is 10.2 Å². The predicted octanol–water partition coefficient (Wildman–Crippen LogP) is 6.76. The van der Waals surface area contributed by atoms with E-state index in [4.69, 9.17) is 0 Å². The molecule has 148 valence electrons. The van der Waals surface area contributed by atoms with Crippen molar-refractivity contribution in [3.8, 4) is 34.5 Å². The van der Waals surface area contributed by atoms with Crippen LogP contribution in [0.4, 0.5) is 0 Å². The van der Waals surface area contributed by atoms with Crippen LogP contribution in [-0.4, -0.2) is 10.2 Å². The Bertz CT molecular complexity index is 1510. The topological polar surface area (TPSA) is 40.5 Å². The number of hydrogen-bond donors (Lipinski definition) is 3. The normalized spacial score (nSPS) is 10.7. The van der Waals surface area contributed by atoms with E-state index in [2.05, 4.69) is 24.5 Å². The van der Waals surface area contributed by atoms with E-state index in [1.807, 2.05) is 78.9 Å². The molecule has 2 nitrogen and oxygen atoms in total. The zero-order valence-corrected chi connectivity index (χ0v) is 17.4. The molecule has 0 fully saturated rings. The Kier molecular flexibility index (Phi) is 4.78. The molecule has 0 aromatic heterocycles. The lowest BCUT2D eigenvalue weighted by atomic mass is 9.96. The number of aromatic hydroxyl groups is 2. The number of rotatable bonds is 1. The zero-order chi connectivity index (χ0) is 21.4. The molecule has 5 aromatic rings. The molecule has 0 atom stereocenters. The van der Waals surface area contributed by atoms with Crippen LogP contribution in [0, 0.1) is 11.8 Å². The Morgan fingerprint density at radius 2 is 1.10 bits per heavy atom. The lowest BCUT2D eigenvalue weighted by Crippen LogP contribution is -1.85. The zero-order valence-electron chi connectivity index (χ0n) is 16.5. The number of phenolic OH excluding ortho intramolecular Hbond substituents is 2. The summed E-state index contributed by atoms with van der Waals surface area (Å²) >= 11 is 4.36. The van der Waals surface area contributed by atoms with Crippen LogP contribution in [0.1, 0.15) is 11.1 Å². The molecule has 31 heavy (non-hydrogen) atoms. The Morgan fingerprint density at radius 3 is 1.77 bits per heavy atom. The van der Waals surface area contributed by atoms with E-state index in [9.17, 15) is 10.2 Å². The highest BCUT2D eigenvalue weighted by Gasteiger charge is 2.12. The first-order chi connectivity index (χ1) is 15.1. The molecule has 5 rings (SSSR count). The first-order valence-corrected chi connectivity index (χ1v) is 10.3. The Labute approximate surface area is 185 Å². The van der Waals surface area contributed by atoms with Gasteiger partial charge in [0.15, 0.2) is 0 Å². The number of fused-ring (bicyclic) bond motifs is 2. The van der Waals surface area contributed by atoms with E-state index >= 15 is 0 Å². The highest BCUT2D eigenvalue weighted by atomic mass is 32.1. The minimum absolute atomic E-state index is 0.112. The molecule has 0 aliphatic heterocycles. The van der Waals surface area contributed by atoms with Crippen LogP contribution in [-0.2, 0) is 0 Å². The summed E-state index contributed by atoms with van der Waals surface area (Å²) in [7, 11) is 0. The van der Waals surface area contributed by atoms with Crippen molar-refractivity contribution in [2.75, 3.05) is 0 Å². The fraction of sp³-hybridized carbons (Fsp3) is 0. The minimum atomic E-state index is 0.112. The fourth-order valence-electron chi connectivity index (χ4n) is 3.73. The maximum absolute atomic E-state index is 10.7. The van der Waals surface area contributed by atoms with Gasteiger partial charge in [0.25, 0.3) is 0 Å². The number of benzene rings is 5. The van der Waals surface area contributed by atoms with Crippen LogP contribution in [0.5, 0.6) is 11.5 Å². The van der Waals surface area contributed by atoms with E-state index in [1.54, 1.807) is 12.1 Å². The molecular weight excluding hydrogens is 400 g/mol. The van der Waals surface area contributed by atoms with Gasteiger partial charge in [-0.1, -0.05) is 42.2 Å². The molecular formula is C28H18O2S. The maximum atomic E-state index is 10.7. The van der Waals surface area contributed by atoms with Crippen molar-refractivity contribution in [3.05, 3.63) is 102 Å². The molecule has 0 spiro atoms. The summed E-state index contributed by atoms with van der Waals surface area (Å²) < 4.78 is 0. The Hall–Kier alpha value is -3.87. The fourth-order valence-corrected chi connectivity index (χ4v) is 3.95. The van der Waals surface area contributed by atoms with E-state index in [0.717, 1.165) is 37.6 Å². The van der Waals surface area contributed by atoms with Crippen molar-refractivity contribution < 1.29 is 10.2 Å². The second kappa shape index (κ2) is 7.75. The molecule has 0 radical (unpaired) electrons. The van der Waals surface area contributed by atoms with Gasteiger partial charge in [-0.3, -0.25) is 0 Å². The molecule has 0 saturated heterocycles. The summed E-state index contributed by atoms with van der Waals surface area (Å²) in [6.45, 7) is 0. The van der Waals surface area contributed by atoms with Crippen molar-refractivity contribution in [1.82, 2.24) is 0 Å². The lowest BCUT2D eigenvalue weighted by molar-refractivity contribution is 0.470. The highest BCUT2D eigenvalue weighted by Crippen LogP contribution is 2.40. The molecule has 0 unspecified atom stereocenters. The van der Waals surface area contributed by atoms with Gasteiger partial charge in [-0.15, -0.1) is 12.6 Å². The molecule has 0 heterocycles. The quantitative estimate of drug-likeness (QED) is 0.208. The standard InChI is InChI=1S/C28H18O2S/c29-27-16-22-12-19(7-6-18-4-2-1-3-5-18)8-9-20(22)14-25(27)26-15-21-10-11-24(31)13-23(21)17-28(26)30/h1-5,8-17,29-31H. The summed E-state index contributed by atoms with van der Waals surface area (Å²) in [5.74, 6) is 6.56. The van der Waals surface area contributed by atoms with Crippen LogP contribution >= 0.6 is 12.6 Å². The van der Waals surface area contributed by atoms with Gasteiger partial charge in [-0.05, 0) is 82.2 Å². The van der Waals surface area contributed by atoms with Crippen molar-refractivity contribution in [2.45, 2.75) is 4.90 Å². The van der Waals surface area contributed by atoms with Gasteiger partial charge in [-0.2, -0.15) is 0 Å². The van der Waals surface area contributed by atoms with E-state index < -0.39 is 0 Å². The van der Waals surface area contributed by atoms with Crippen LogP contribution < -0.4 is 0 Å². The van der Waals surface area contributed by atoms with Crippen molar-refractivity contribution in [2.24, 2.45) is 0 Å². The predicted molar refractivity (Wildman–Crippen MR) is 130 cm³/mol. The summed E-state index contributed by atoms with van der Waals surface area (Å²) in [6, 6.07) is 28.7. The van der Waals surface area contributed by atoms with Gasteiger partial charge >= 0.3 is 0 Å². The highest BCUT2D eigenvalue weighted by molar-refractivity contribution is 7.80. The van der Waals surface area contributed by atoms with Gasteiger partial charge in [0.2, 0.25) is 0 Å². The second-order valence-electron chi connectivity index (χ2n) is 7.45. The summed E-state index contributed by atoms with van der Waals surface area (Å²) in [5.41, 5.74) is 3.01. The van der Waals surface area contributed by atoms with Crippen LogP contribution in [0.3, 0.4) is 0 Å². The first kappa shape index (κ1) is 19.1. The largest absolute Gasteiger partial charge is 0.507 e. The van der Waals surface area contributed by atoms with Gasteiger partial charge in [-0.25, -0.2) is 0 Å². The third-order valence-electron chi connectivity index (χ3n) is 5.31. The van der Waals surface area contributed by atoms with Crippen molar-refractivity contribution >= 4 is 34.2 Å². The van der Waals surface area contributed by atoms with E-state index in [0.29, 0.717) is 11.1 Å². The summed E-state index contributed by atoms with van der Waals surface area (Å²) in [6.07, 6.45) is 0. The maximum Gasteiger partial charge on any atom is 0.124 e. The monoisotopic (exact) mass is 418 g/mol. The van der Waals surface area contributed by atoms with Crippen LogP contribution in [0.2, 0.25) is 0 Å². The molecule has 2 N–H and O–H groups in total. The second-order valence-corrected chi connectivity index (χ2v) is 7.96. The molecule has 3 heteroatoms. The average molecular weight is 419 g/mol. The van der Waals surface area contributed by atoms with E-state index in [1.165, 1.54) is 0 Å².